The maximum absolute atomic E-state index is 13.4. The van der Waals surface area contributed by atoms with Crippen LogP contribution in [0, 0.1) is 17.0 Å². The lowest BCUT2D eigenvalue weighted by Gasteiger charge is -2.24. The predicted octanol–water partition coefficient (Wildman–Crippen LogP) is 3.33. The Balaban J connectivity index is 1.55. The summed E-state index contributed by atoms with van der Waals surface area (Å²) in [6.45, 7) is 0.965. The van der Waals surface area contributed by atoms with Crippen LogP contribution in [0.2, 0.25) is 0 Å². The molecule has 1 amide bonds. The molecule has 0 aliphatic rings. The van der Waals surface area contributed by atoms with Crippen LogP contribution in [0.15, 0.2) is 101 Å². The normalized spacial score (nSPS) is 11.4. The Labute approximate surface area is 229 Å². The lowest BCUT2D eigenvalue weighted by Crippen LogP contribution is -2.38. The largest absolute Gasteiger partial charge is 0.325 e. The topological polar surface area (TPSA) is 182 Å². The standard InChI is InChI=1S/C25H22N6O7S2/c1-18-14-15-26-25(27-18)29-39(35,36)22-12-10-19(11-13-22)28-24(32)17-30(20-6-5-7-21(16-20)31(33)34)40(37,38)23-8-3-2-4-9-23/h2-16H,17H2,1H3,(H,28,32)(H,26,27,29). The Kier molecular flexibility index (Phi) is 8.06. The van der Waals surface area contributed by atoms with Crippen molar-refractivity contribution in [2.24, 2.45) is 0 Å². The molecule has 4 rings (SSSR count). The van der Waals surface area contributed by atoms with Gasteiger partial charge in [-0.2, -0.15) is 0 Å². The summed E-state index contributed by atoms with van der Waals surface area (Å²) in [6, 6.07) is 19.0. The number of hydrogen-bond acceptors (Lipinski definition) is 9. The summed E-state index contributed by atoms with van der Waals surface area (Å²) in [6.07, 6.45) is 1.41. The van der Waals surface area contributed by atoms with Crippen LogP contribution < -0.4 is 14.3 Å². The summed E-state index contributed by atoms with van der Waals surface area (Å²) in [5, 5.41) is 13.8. The number of nitro benzene ring substituents is 1. The number of aryl methyl sites for hydroxylation is 1. The zero-order chi connectivity index (χ0) is 28.9. The average molecular weight is 583 g/mol. The molecule has 1 heterocycles. The van der Waals surface area contributed by atoms with Crippen molar-refractivity contribution < 1.29 is 26.6 Å². The number of non-ortho nitro benzene ring substituents is 1. The second-order valence-electron chi connectivity index (χ2n) is 8.30. The average Bonchev–Trinajstić information content (AvgIpc) is 2.92. The molecule has 0 saturated carbocycles. The monoisotopic (exact) mass is 582 g/mol. The van der Waals surface area contributed by atoms with E-state index in [1.807, 2.05) is 0 Å². The number of sulfonamides is 2. The van der Waals surface area contributed by atoms with Crippen molar-refractivity contribution in [3.63, 3.8) is 0 Å². The van der Waals surface area contributed by atoms with Crippen molar-refractivity contribution in [2.75, 3.05) is 20.9 Å². The molecule has 0 aliphatic carbocycles. The van der Waals surface area contributed by atoms with Crippen LogP contribution in [-0.4, -0.2) is 44.2 Å². The van der Waals surface area contributed by atoms with Gasteiger partial charge in [-0.05, 0) is 55.5 Å². The number of rotatable bonds is 10. The molecule has 0 radical (unpaired) electrons. The zero-order valence-corrected chi connectivity index (χ0v) is 22.5. The van der Waals surface area contributed by atoms with Crippen molar-refractivity contribution >= 4 is 49.0 Å². The summed E-state index contributed by atoms with van der Waals surface area (Å²) in [7, 11) is -8.31. The van der Waals surface area contributed by atoms with Gasteiger partial charge in [0.2, 0.25) is 11.9 Å². The number of carbonyl (C=O) groups is 1. The highest BCUT2D eigenvalue weighted by atomic mass is 32.2. The Bertz CT molecular complexity index is 1770. The van der Waals surface area contributed by atoms with Gasteiger partial charge in [-0.3, -0.25) is 19.2 Å². The van der Waals surface area contributed by atoms with E-state index in [1.165, 1.54) is 72.9 Å². The molecule has 206 valence electrons. The van der Waals surface area contributed by atoms with Crippen LogP contribution in [0.25, 0.3) is 0 Å². The van der Waals surface area contributed by atoms with E-state index in [2.05, 4.69) is 20.0 Å². The van der Waals surface area contributed by atoms with E-state index in [0.717, 1.165) is 10.4 Å². The van der Waals surface area contributed by atoms with Crippen LogP contribution in [0.3, 0.4) is 0 Å². The van der Waals surface area contributed by atoms with Gasteiger partial charge >= 0.3 is 0 Å². The summed E-state index contributed by atoms with van der Waals surface area (Å²) in [5.74, 6) is -0.869. The van der Waals surface area contributed by atoms with Gasteiger partial charge in [0.1, 0.15) is 6.54 Å². The first-order valence-corrected chi connectivity index (χ1v) is 14.4. The number of benzene rings is 3. The number of nitrogens with one attached hydrogen (secondary N) is 2. The van der Waals surface area contributed by atoms with Crippen LogP contribution >= 0.6 is 0 Å². The molecule has 0 fully saturated rings. The minimum absolute atomic E-state index is 0.0842. The fourth-order valence-electron chi connectivity index (χ4n) is 3.52. The first-order valence-electron chi connectivity index (χ1n) is 11.5. The molecular formula is C25H22N6O7S2. The molecule has 2 N–H and O–H groups in total. The Morgan fingerprint density at radius 2 is 1.62 bits per heavy atom. The highest BCUT2D eigenvalue weighted by Crippen LogP contribution is 2.27. The minimum atomic E-state index is -4.29. The van der Waals surface area contributed by atoms with Gasteiger partial charge in [-0.25, -0.2) is 31.5 Å². The number of hydrogen-bond donors (Lipinski definition) is 2. The van der Waals surface area contributed by atoms with Crippen LogP contribution in [-0.2, 0) is 24.8 Å². The molecule has 0 atom stereocenters. The smallest absolute Gasteiger partial charge is 0.271 e. The van der Waals surface area contributed by atoms with Crippen molar-refractivity contribution in [3.05, 3.63) is 107 Å². The maximum atomic E-state index is 13.4. The molecule has 13 nitrogen and oxygen atoms in total. The summed E-state index contributed by atoms with van der Waals surface area (Å²) < 4.78 is 55.2. The third-order valence-electron chi connectivity index (χ3n) is 5.42. The van der Waals surface area contributed by atoms with Gasteiger partial charge in [-0.15, -0.1) is 0 Å². The van der Waals surface area contributed by atoms with Gasteiger partial charge in [0.15, 0.2) is 0 Å². The van der Waals surface area contributed by atoms with Crippen molar-refractivity contribution in [3.8, 4) is 0 Å². The van der Waals surface area contributed by atoms with Gasteiger partial charge in [0.25, 0.3) is 25.7 Å². The molecule has 40 heavy (non-hydrogen) atoms. The number of carbonyl (C=O) groups excluding carboxylic acids is 1. The Hall–Kier alpha value is -4.89. The molecule has 15 heteroatoms. The van der Waals surface area contributed by atoms with Crippen LogP contribution in [0.4, 0.5) is 23.0 Å². The minimum Gasteiger partial charge on any atom is -0.325 e. The highest BCUT2D eigenvalue weighted by molar-refractivity contribution is 7.93. The van der Waals surface area contributed by atoms with Crippen molar-refractivity contribution in [1.82, 2.24) is 9.97 Å². The number of aromatic nitrogens is 2. The number of nitrogens with zero attached hydrogens (tertiary/aromatic N) is 4. The lowest BCUT2D eigenvalue weighted by atomic mass is 10.3. The molecule has 4 aromatic rings. The summed E-state index contributed by atoms with van der Waals surface area (Å²) in [5.41, 5.74) is 0.317. The number of nitro groups is 1. The maximum Gasteiger partial charge on any atom is 0.271 e. The van der Waals surface area contributed by atoms with E-state index in [0.29, 0.717) is 5.69 Å². The van der Waals surface area contributed by atoms with Crippen molar-refractivity contribution in [2.45, 2.75) is 16.7 Å². The molecule has 0 aliphatic heterocycles. The Morgan fingerprint density at radius 3 is 2.27 bits per heavy atom. The number of amides is 1. The highest BCUT2D eigenvalue weighted by Gasteiger charge is 2.28. The summed E-state index contributed by atoms with van der Waals surface area (Å²) >= 11 is 0. The third-order valence-corrected chi connectivity index (χ3v) is 8.55. The van der Waals surface area contributed by atoms with Gasteiger partial charge in [-0.1, -0.05) is 24.3 Å². The van der Waals surface area contributed by atoms with Crippen LogP contribution in [0.5, 0.6) is 0 Å². The SMILES string of the molecule is Cc1ccnc(NS(=O)(=O)c2ccc(NC(=O)CN(c3cccc([N+](=O)[O-])c3)S(=O)(=O)c3ccccc3)cc2)n1. The third kappa shape index (κ3) is 6.57. The first-order chi connectivity index (χ1) is 19.0. The quantitative estimate of drug-likeness (QED) is 0.209. The van der Waals surface area contributed by atoms with Gasteiger partial charge < -0.3 is 5.32 Å². The fourth-order valence-corrected chi connectivity index (χ4v) is 5.91. The Morgan fingerprint density at radius 1 is 0.925 bits per heavy atom. The number of anilines is 3. The van der Waals surface area contributed by atoms with E-state index in [1.54, 1.807) is 19.1 Å². The molecule has 0 spiro atoms. The molecule has 0 unspecified atom stereocenters. The molecule has 0 bridgehead atoms. The molecule has 1 aromatic heterocycles. The predicted molar refractivity (Wildman–Crippen MR) is 147 cm³/mol. The molecule has 3 aromatic carbocycles. The van der Waals surface area contributed by atoms with Gasteiger partial charge in [0, 0.05) is 29.7 Å². The molecular weight excluding hydrogens is 560 g/mol. The van der Waals surface area contributed by atoms with E-state index in [9.17, 15) is 31.7 Å². The van der Waals surface area contributed by atoms with E-state index in [4.69, 9.17) is 0 Å². The second kappa shape index (κ2) is 11.5. The summed E-state index contributed by atoms with van der Waals surface area (Å²) in [4.78, 5) is 31.2. The molecule has 0 saturated heterocycles. The van der Waals surface area contributed by atoms with E-state index in [-0.39, 0.29) is 32.8 Å². The van der Waals surface area contributed by atoms with Crippen LogP contribution in [0.1, 0.15) is 5.69 Å². The first kappa shape index (κ1) is 28.1. The lowest BCUT2D eigenvalue weighted by molar-refractivity contribution is -0.384. The van der Waals surface area contributed by atoms with Crippen molar-refractivity contribution in [1.29, 1.82) is 0 Å². The fraction of sp³-hybridized carbons (Fsp3) is 0.0800. The second-order valence-corrected chi connectivity index (χ2v) is 11.8. The van der Waals surface area contributed by atoms with Gasteiger partial charge in [0.05, 0.1) is 20.4 Å². The zero-order valence-electron chi connectivity index (χ0n) is 20.8. The van der Waals surface area contributed by atoms with E-state index < -0.39 is 37.4 Å². The van der Waals surface area contributed by atoms with E-state index >= 15 is 0 Å².